The molecule has 0 saturated heterocycles. The Labute approximate surface area is 152 Å². The molecule has 2 unspecified atom stereocenters. The molecule has 2 atom stereocenters. The predicted octanol–water partition coefficient (Wildman–Crippen LogP) is 7.05. The third-order valence-corrected chi connectivity index (χ3v) is 5.30. The minimum Gasteiger partial charge on any atom is -0.376 e. The van der Waals surface area contributed by atoms with E-state index in [1.165, 1.54) is 103 Å². The zero-order valence-corrected chi connectivity index (χ0v) is 16.7. The number of ether oxygens (including phenoxy) is 2. The molecule has 1 aliphatic rings. The van der Waals surface area contributed by atoms with E-state index in [1.807, 2.05) is 0 Å². The summed E-state index contributed by atoms with van der Waals surface area (Å²) in [4.78, 5) is 0. The lowest BCUT2D eigenvalue weighted by atomic mass is 9.94. The first kappa shape index (κ1) is 22.0. The zero-order chi connectivity index (χ0) is 17.3. The summed E-state index contributed by atoms with van der Waals surface area (Å²) < 4.78 is 12.4. The van der Waals surface area contributed by atoms with E-state index >= 15 is 0 Å². The number of rotatable bonds is 16. The van der Waals surface area contributed by atoms with Gasteiger partial charge in [-0.2, -0.15) is 0 Å². The third kappa shape index (κ3) is 11.5. The van der Waals surface area contributed by atoms with Crippen molar-refractivity contribution >= 4 is 0 Å². The number of hydrogen-bond donors (Lipinski definition) is 0. The molecule has 144 valence electrons. The summed E-state index contributed by atoms with van der Waals surface area (Å²) in [7, 11) is 0. The van der Waals surface area contributed by atoms with E-state index in [2.05, 4.69) is 13.8 Å². The quantitative estimate of drug-likeness (QED) is 0.280. The van der Waals surface area contributed by atoms with E-state index in [-0.39, 0.29) is 0 Å². The van der Waals surface area contributed by atoms with Gasteiger partial charge in [0, 0.05) is 13.2 Å². The monoisotopic (exact) mass is 340 g/mol. The summed E-state index contributed by atoms with van der Waals surface area (Å²) in [6.45, 7) is 6.43. The van der Waals surface area contributed by atoms with Crippen LogP contribution in [0, 0.1) is 0 Å². The lowest BCUT2D eigenvalue weighted by Crippen LogP contribution is -2.35. The molecule has 0 aromatic rings. The van der Waals surface area contributed by atoms with Crippen LogP contribution in [0.15, 0.2) is 0 Å². The molecule has 1 aliphatic carbocycles. The maximum Gasteiger partial charge on any atom is 0.0836 e. The SMILES string of the molecule is CCCCCCCCOC1CCCCC1OCCCCCCCC. The fourth-order valence-corrected chi connectivity index (χ4v) is 3.68. The van der Waals surface area contributed by atoms with Gasteiger partial charge in [0.1, 0.15) is 0 Å². The molecule has 24 heavy (non-hydrogen) atoms. The van der Waals surface area contributed by atoms with Crippen molar-refractivity contribution in [2.24, 2.45) is 0 Å². The molecule has 0 radical (unpaired) electrons. The van der Waals surface area contributed by atoms with Gasteiger partial charge in [-0.05, 0) is 25.7 Å². The molecule has 0 aliphatic heterocycles. The standard InChI is InChI=1S/C22H44O2/c1-3-5-7-9-11-15-19-23-21-17-13-14-18-22(21)24-20-16-12-10-8-6-4-2/h21-22H,3-20H2,1-2H3. The largest absolute Gasteiger partial charge is 0.376 e. The van der Waals surface area contributed by atoms with Gasteiger partial charge in [0.05, 0.1) is 12.2 Å². The topological polar surface area (TPSA) is 18.5 Å². The molecule has 0 heterocycles. The highest BCUT2D eigenvalue weighted by atomic mass is 16.5. The molecule has 0 N–H and O–H groups in total. The molecule has 0 aromatic carbocycles. The molecule has 0 bridgehead atoms. The van der Waals surface area contributed by atoms with Crippen molar-refractivity contribution < 1.29 is 9.47 Å². The molecule has 1 fully saturated rings. The van der Waals surface area contributed by atoms with Crippen LogP contribution >= 0.6 is 0 Å². The van der Waals surface area contributed by atoms with Crippen molar-refractivity contribution in [3.05, 3.63) is 0 Å². The maximum atomic E-state index is 6.19. The third-order valence-electron chi connectivity index (χ3n) is 5.30. The predicted molar refractivity (Wildman–Crippen MR) is 105 cm³/mol. The van der Waals surface area contributed by atoms with E-state index < -0.39 is 0 Å². The van der Waals surface area contributed by atoms with Crippen LogP contribution in [0.2, 0.25) is 0 Å². The first-order chi connectivity index (χ1) is 11.9. The van der Waals surface area contributed by atoms with Gasteiger partial charge < -0.3 is 9.47 Å². The second-order valence-corrected chi connectivity index (χ2v) is 7.64. The Kier molecular flexibility index (Phi) is 15.0. The minimum absolute atomic E-state index is 0.370. The smallest absolute Gasteiger partial charge is 0.0836 e. The summed E-state index contributed by atoms with van der Waals surface area (Å²) in [5, 5.41) is 0. The van der Waals surface area contributed by atoms with Gasteiger partial charge in [0.2, 0.25) is 0 Å². The molecule has 1 rings (SSSR count). The van der Waals surface area contributed by atoms with E-state index in [1.54, 1.807) is 0 Å². The van der Waals surface area contributed by atoms with Gasteiger partial charge in [-0.1, -0.05) is 90.9 Å². The van der Waals surface area contributed by atoms with Gasteiger partial charge >= 0.3 is 0 Å². The molecule has 2 heteroatoms. The van der Waals surface area contributed by atoms with E-state index in [0.29, 0.717) is 12.2 Å². The van der Waals surface area contributed by atoms with Gasteiger partial charge in [-0.3, -0.25) is 0 Å². The Morgan fingerprint density at radius 2 is 0.917 bits per heavy atom. The summed E-state index contributed by atoms with van der Waals surface area (Å²) in [5.74, 6) is 0. The van der Waals surface area contributed by atoms with Crippen molar-refractivity contribution in [2.75, 3.05) is 13.2 Å². The van der Waals surface area contributed by atoms with Crippen molar-refractivity contribution in [1.82, 2.24) is 0 Å². The lowest BCUT2D eigenvalue weighted by Gasteiger charge is -2.31. The summed E-state index contributed by atoms with van der Waals surface area (Å²) >= 11 is 0. The zero-order valence-electron chi connectivity index (χ0n) is 16.7. The van der Waals surface area contributed by atoms with Crippen molar-refractivity contribution in [1.29, 1.82) is 0 Å². The van der Waals surface area contributed by atoms with Crippen molar-refractivity contribution in [2.45, 2.75) is 129 Å². The second-order valence-electron chi connectivity index (χ2n) is 7.64. The van der Waals surface area contributed by atoms with E-state index in [0.717, 1.165) is 13.2 Å². The van der Waals surface area contributed by atoms with Crippen LogP contribution in [-0.4, -0.2) is 25.4 Å². The first-order valence-electron chi connectivity index (χ1n) is 11.1. The Bertz CT molecular complexity index is 228. The average Bonchev–Trinajstić information content (AvgIpc) is 2.61. The Hall–Kier alpha value is -0.0800. The van der Waals surface area contributed by atoms with E-state index in [4.69, 9.17) is 9.47 Å². The summed E-state index contributed by atoms with van der Waals surface area (Å²) in [6, 6.07) is 0. The number of hydrogen-bond acceptors (Lipinski definition) is 2. The van der Waals surface area contributed by atoms with Crippen LogP contribution in [0.1, 0.15) is 117 Å². The second kappa shape index (κ2) is 16.4. The normalized spacial score (nSPS) is 21.2. The first-order valence-corrected chi connectivity index (χ1v) is 11.1. The fraction of sp³-hybridized carbons (Fsp3) is 1.00. The lowest BCUT2D eigenvalue weighted by molar-refractivity contribution is -0.0934. The van der Waals surface area contributed by atoms with Crippen molar-refractivity contribution in [3.8, 4) is 0 Å². The van der Waals surface area contributed by atoms with Crippen LogP contribution < -0.4 is 0 Å². The highest BCUT2D eigenvalue weighted by molar-refractivity contribution is 4.76. The van der Waals surface area contributed by atoms with Crippen LogP contribution in [0.3, 0.4) is 0 Å². The Balaban J connectivity index is 2.02. The van der Waals surface area contributed by atoms with Gasteiger partial charge in [-0.25, -0.2) is 0 Å². The van der Waals surface area contributed by atoms with Gasteiger partial charge in [0.25, 0.3) is 0 Å². The molecule has 0 amide bonds. The molecular formula is C22H44O2. The van der Waals surface area contributed by atoms with Gasteiger partial charge in [-0.15, -0.1) is 0 Å². The summed E-state index contributed by atoms with van der Waals surface area (Å²) in [6.07, 6.45) is 21.9. The van der Waals surface area contributed by atoms with Crippen LogP contribution in [0.25, 0.3) is 0 Å². The summed E-state index contributed by atoms with van der Waals surface area (Å²) in [5.41, 5.74) is 0. The molecule has 0 spiro atoms. The molecule has 1 saturated carbocycles. The van der Waals surface area contributed by atoms with Crippen LogP contribution in [0.5, 0.6) is 0 Å². The highest BCUT2D eigenvalue weighted by Crippen LogP contribution is 2.24. The fourth-order valence-electron chi connectivity index (χ4n) is 3.68. The van der Waals surface area contributed by atoms with Crippen LogP contribution in [-0.2, 0) is 9.47 Å². The maximum absolute atomic E-state index is 6.19. The Morgan fingerprint density at radius 1 is 0.542 bits per heavy atom. The average molecular weight is 341 g/mol. The Morgan fingerprint density at radius 3 is 1.33 bits per heavy atom. The van der Waals surface area contributed by atoms with Crippen molar-refractivity contribution in [3.63, 3.8) is 0 Å². The minimum atomic E-state index is 0.370. The molecular weight excluding hydrogens is 296 g/mol. The van der Waals surface area contributed by atoms with Crippen LogP contribution in [0.4, 0.5) is 0 Å². The number of unbranched alkanes of at least 4 members (excludes halogenated alkanes) is 10. The van der Waals surface area contributed by atoms with E-state index in [9.17, 15) is 0 Å². The molecule has 0 aromatic heterocycles. The van der Waals surface area contributed by atoms with Gasteiger partial charge in [0.15, 0.2) is 0 Å². The molecule has 2 nitrogen and oxygen atoms in total. The highest BCUT2D eigenvalue weighted by Gasteiger charge is 2.26.